The van der Waals surface area contributed by atoms with E-state index in [1.54, 1.807) is 24.5 Å². The summed E-state index contributed by atoms with van der Waals surface area (Å²) in [6.45, 7) is 3.15. The van der Waals surface area contributed by atoms with E-state index >= 15 is 0 Å². The fraction of sp³-hybridized carbons (Fsp3) is 0.286. The fourth-order valence-corrected chi connectivity index (χ4v) is 1.61. The number of furan rings is 1. The molecular formula is C14H16FNO2. The molecule has 1 unspecified atom stereocenters. The summed E-state index contributed by atoms with van der Waals surface area (Å²) in [5, 5.41) is 3.19. The molecule has 4 heteroatoms. The largest absolute Gasteiger partial charge is 0.486 e. The lowest BCUT2D eigenvalue weighted by atomic mass is 10.3. The molecule has 0 aliphatic rings. The van der Waals surface area contributed by atoms with Crippen LogP contribution in [0.25, 0.3) is 0 Å². The van der Waals surface area contributed by atoms with Gasteiger partial charge < -0.3 is 14.5 Å². The molecule has 0 radical (unpaired) electrons. The highest BCUT2D eigenvalue weighted by molar-refractivity contribution is 5.23. The van der Waals surface area contributed by atoms with Gasteiger partial charge in [-0.2, -0.15) is 0 Å². The molecule has 0 amide bonds. The van der Waals surface area contributed by atoms with Gasteiger partial charge in [-0.3, -0.25) is 0 Å². The normalized spacial score (nSPS) is 12.3. The molecule has 1 N–H and O–H groups in total. The molecule has 2 rings (SSSR count). The summed E-state index contributed by atoms with van der Waals surface area (Å²) in [6, 6.07) is 10.1. The molecule has 0 fully saturated rings. The lowest BCUT2D eigenvalue weighted by Gasteiger charge is -2.15. The van der Waals surface area contributed by atoms with Crippen LogP contribution in [0.2, 0.25) is 0 Å². The number of hydrogen-bond acceptors (Lipinski definition) is 3. The maximum absolute atomic E-state index is 13.3. The maximum atomic E-state index is 13.3. The van der Waals surface area contributed by atoms with E-state index in [2.05, 4.69) is 5.32 Å². The Kier molecular flexibility index (Phi) is 4.36. The summed E-state index contributed by atoms with van der Waals surface area (Å²) >= 11 is 0. The van der Waals surface area contributed by atoms with E-state index in [9.17, 15) is 4.39 Å². The van der Waals surface area contributed by atoms with Crippen molar-refractivity contribution in [1.29, 1.82) is 0 Å². The van der Waals surface area contributed by atoms with E-state index in [0.717, 1.165) is 5.76 Å². The zero-order valence-electron chi connectivity index (χ0n) is 10.2. The van der Waals surface area contributed by atoms with Crippen molar-refractivity contribution in [3.63, 3.8) is 0 Å². The highest BCUT2D eigenvalue weighted by atomic mass is 19.1. The van der Waals surface area contributed by atoms with Crippen LogP contribution >= 0.6 is 0 Å². The number of rotatable bonds is 6. The van der Waals surface area contributed by atoms with Gasteiger partial charge >= 0.3 is 0 Å². The smallest absolute Gasteiger partial charge is 0.165 e. The Morgan fingerprint density at radius 3 is 2.83 bits per heavy atom. The molecule has 1 atom stereocenters. The van der Waals surface area contributed by atoms with Crippen LogP contribution in [0.15, 0.2) is 47.1 Å². The molecule has 1 aromatic heterocycles. The minimum atomic E-state index is -0.338. The SMILES string of the molecule is CC(CNCc1ccco1)Oc1ccccc1F. The molecule has 3 nitrogen and oxygen atoms in total. The van der Waals surface area contributed by atoms with Gasteiger partial charge in [0.1, 0.15) is 11.9 Å². The lowest BCUT2D eigenvalue weighted by molar-refractivity contribution is 0.206. The quantitative estimate of drug-likeness (QED) is 0.854. The number of nitrogens with one attached hydrogen (secondary N) is 1. The molecule has 96 valence electrons. The molecule has 0 bridgehead atoms. The van der Waals surface area contributed by atoms with Crippen molar-refractivity contribution in [2.24, 2.45) is 0 Å². The summed E-state index contributed by atoms with van der Waals surface area (Å²) in [6.07, 6.45) is 1.52. The van der Waals surface area contributed by atoms with Crippen molar-refractivity contribution >= 4 is 0 Å². The Bertz CT molecular complexity index is 470. The Morgan fingerprint density at radius 1 is 1.28 bits per heavy atom. The molecule has 0 saturated heterocycles. The van der Waals surface area contributed by atoms with Crippen molar-refractivity contribution in [3.05, 3.63) is 54.2 Å². The predicted molar refractivity (Wildman–Crippen MR) is 66.9 cm³/mol. The average Bonchev–Trinajstić information content (AvgIpc) is 2.85. The first kappa shape index (κ1) is 12.6. The predicted octanol–water partition coefficient (Wildman–Crippen LogP) is 2.98. The molecule has 0 spiro atoms. The van der Waals surface area contributed by atoms with Crippen LogP contribution < -0.4 is 10.1 Å². The van der Waals surface area contributed by atoms with Gasteiger partial charge in [0, 0.05) is 6.54 Å². The van der Waals surface area contributed by atoms with Crippen molar-refractivity contribution < 1.29 is 13.5 Å². The van der Waals surface area contributed by atoms with Crippen molar-refractivity contribution in [2.75, 3.05) is 6.54 Å². The van der Waals surface area contributed by atoms with E-state index in [1.807, 2.05) is 19.1 Å². The van der Waals surface area contributed by atoms with E-state index in [4.69, 9.17) is 9.15 Å². The van der Waals surface area contributed by atoms with Crippen molar-refractivity contribution in [1.82, 2.24) is 5.32 Å². The van der Waals surface area contributed by atoms with E-state index in [-0.39, 0.29) is 17.7 Å². The molecule has 0 aliphatic carbocycles. The van der Waals surface area contributed by atoms with Crippen LogP contribution in [0, 0.1) is 5.82 Å². The second kappa shape index (κ2) is 6.21. The molecule has 2 aromatic rings. The molecule has 18 heavy (non-hydrogen) atoms. The average molecular weight is 249 g/mol. The number of benzene rings is 1. The molecular weight excluding hydrogens is 233 g/mol. The first-order chi connectivity index (χ1) is 8.75. The maximum Gasteiger partial charge on any atom is 0.165 e. The number of para-hydroxylation sites is 1. The molecule has 0 saturated carbocycles. The monoisotopic (exact) mass is 249 g/mol. The lowest BCUT2D eigenvalue weighted by Crippen LogP contribution is -2.28. The van der Waals surface area contributed by atoms with Gasteiger partial charge in [-0.1, -0.05) is 12.1 Å². The zero-order valence-corrected chi connectivity index (χ0v) is 10.2. The van der Waals surface area contributed by atoms with Crippen LogP contribution in [0.1, 0.15) is 12.7 Å². The van der Waals surface area contributed by atoms with Crippen LogP contribution in [-0.2, 0) is 6.54 Å². The van der Waals surface area contributed by atoms with Gasteiger partial charge in [-0.15, -0.1) is 0 Å². The number of ether oxygens (including phenoxy) is 1. The number of halogens is 1. The molecule has 1 heterocycles. The van der Waals surface area contributed by atoms with E-state index in [0.29, 0.717) is 13.1 Å². The van der Waals surface area contributed by atoms with Crippen LogP contribution in [0.4, 0.5) is 4.39 Å². The Hall–Kier alpha value is -1.81. The molecule has 1 aromatic carbocycles. The summed E-state index contributed by atoms with van der Waals surface area (Å²) in [4.78, 5) is 0. The van der Waals surface area contributed by atoms with Crippen LogP contribution in [0.5, 0.6) is 5.75 Å². The first-order valence-electron chi connectivity index (χ1n) is 5.90. The van der Waals surface area contributed by atoms with Crippen molar-refractivity contribution in [2.45, 2.75) is 19.6 Å². The zero-order chi connectivity index (χ0) is 12.8. The Balaban J connectivity index is 1.75. The third-order valence-corrected chi connectivity index (χ3v) is 2.48. The third kappa shape index (κ3) is 3.60. The van der Waals surface area contributed by atoms with Gasteiger partial charge in [0.05, 0.1) is 12.8 Å². The number of hydrogen-bond donors (Lipinski definition) is 1. The topological polar surface area (TPSA) is 34.4 Å². The first-order valence-corrected chi connectivity index (χ1v) is 5.90. The van der Waals surface area contributed by atoms with Crippen molar-refractivity contribution in [3.8, 4) is 5.75 Å². The van der Waals surface area contributed by atoms with Crippen LogP contribution in [-0.4, -0.2) is 12.6 Å². The second-order valence-electron chi connectivity index (χ2n) is 4.07. The minimum Gasteiger partial charge on any atom is -0.486 e. The van der Waals surface area contributed by atoms with Gasteiger partial charge in [0.2, 0.25) is 0 Å². The minimum absolute atomic E-state index is 0.114. The Labute approximate surface area is 106 Å². The van der Waals surface area contributed by atoms with Gasteiger partial charge in [-0.25, -0.2) is 4.39 Å². The van der Waals surface area contributed by atoms with Gasteiger partial charge in [0.15, 0.2) is 11.6 Å². The van der Waals surface area contributed by atoms with Gasteiger partial charge in [0.25, 0.3) is 0 Å². The summed E-state index contributed by atoms with van der Waals surface area (Å²) in [7, 11) is 0. The Morgan fingerprint density at radius 2 is 2.11 bits per heavy atom. The van der Waals surface area contributed by atoms with E-state index in [1.165, 1.54) is 6.07 Å². The molecule has 0 aliphatic heterocycles. The van der Waals surface area contributed by atoms with Gasteiger partial charge in [-0.05, 0) is 31.2 Å². The second-order valence-corrected chi connectivity index (χ2v) is 4.07. The summed E-state index contributed by atoms with van der Waals surface area (Å²) < 4.78 is 24.0. The standard InChI is InChI=1S/C14H16FNO2/c1-11(9-16-10-12-5-4-8-17-12)18-14-7-3-2-6-13(14)15/h2-8,11,16H,9-10H2,1H3. The summed E-state index contributed by atoms with van der Waals surface area (Å²) in [5.74, 6) is 0.813. The highest BCUT2D eigenvalue weighted by Crippen LogP contribution is 2.16. The fourth-order valence-electron chi connectivity index (χ4n) is 1.61. The summed E-state index contributed by atoms with van der Waals surface area (Å²) in [5.41, 5.74) is 0. The highest BCUT2D eigenvalue weighted by Gasteiger charge is 2.07. The third-order valence-electron chi connectivity index (χ3n) is 2.48. The van der Waals surface area contributed by atoms with Crippen LogP contribution in [0.3, 0.4) is 0 Å². The van der Waals surface area contributed by atoms with E-state index < -0.39 is 0 Å².